The largest absolute Gasteiger partial charge is 0.389 e. The van der Waals surface area contributed by atoms with Crippen LogP contribution in [0.25, 0.3) is 0 Å². The predicted octanol–water partition coefficient (Wildman–Crippen LogP) is 2.16. The molecule has 0 amide bonds. The molecule has 0 spiro atoms. The molecule has 1 aliphatic heterocycles. The fourth-order valence-corrected chi connectivity index (χ4v) is 3.24. The Morgan fingerprint density at radius 2 is 2.00 bits per heavy atom. The number of hydrogen-bond donors (Lipinski definition) is 1. The van der Waals surface area contributed by atoms with Crippen LogP contribution in [0.5, 0.6) is 0 Å². The van der Waals surface area contributed by atoms with Crippen molar-refractivity contribution in [3.8, 4) is 0 Å². The van der Waals surface area contributed by atoms with Crippen LogP contribution in [0, 0.1) is 0 Å². The monoisotopic (exact) mass is 197 g/mol. The smallest absolute Gasteiger partial charge is 0.0774 e. The average molecular weight is 197 g/mol. The topological polar surface area (TPSA) is 23.5 Å². The van der Waals surface area contributed by atoms with Gasteiger partial charge in [-0.15, -0.1) is 0 Å². The van der Waals surface area contributed by atoms with Crippen molar-refractivity contribution in [1.29, 1.82) is 0 Å². The minimum absolute atomic E-state index is 0.425. The van der Waals surface area contributed by atoms with E-state index >= 15 is 0 Å². The molecular formula is C12H23NO. The molecule has 82 valence electrons. The Morgan fingerprint density at radius 1 is 1.21 bits per heavy atom. The quantitative estimate of drug-likeness (QED) is 0.696. The van der Waals surface area contributed by atoms with Crippen LogP contribution in [-0.4, -0.2) is 34.2 Å². The molecule has 1 heterocycles. The second-order valence-corrected chi connectivity index (χ2v) is 5.35. The Hall–Kier alpha value is -0.0800. The molecule has 2 nitrogen and oxygen atoms in total. The molecule has 1 saturated heterocycles. The lowest BCUT2D eigenvalue weighted by Crippen LogP contribution is -2.52. The molecule has 2 aliphatic rings. The molecule has 0 bridgehead atoms. The van der Waals surface area contributed by atoms with E-state index in [0.717, 1.165) is 6.42 Å². The van der Waals surface area contributed by atoms with Crippen molar-refractivity contribution in [2.45, 2.75) is 70.1 Å². The van der Waals surface area contributed by atoms with Crippen molar-refractivity contribution in [3.05, 3.63) is 0 Å². The van der Waals surface area contributed by atoms with E-state index in [1.165, 1.54) is 38.6 Å². The second kappa shape index (κ2) is 3.82. The van der Waals surface area contributed by atoms with Crippen molar-refractivity contribution >= 4 is 0 Å². The van der Waals surface area contributed by atoms with E-state index in [4.69, 9.17) is 0 Å². The van der Waals surface area contributed by atoms with E-state index in [-0.39, 0.29) is 0 Å². The summed E-state index contributed by atoms with van der Waals surface area (Å²) >= 11 is 0. The van der Waals surface area contributed by atoms with Crippen molar-refractivity contribution in [2.24, 2.45) is 0 Å². The highest BCUT2D eigenvalue weighted by Crippen LogP contribution is 2.36. The summed E-state index contributed by atoms with van der Waals surface area (Å²) in [6, 6.07) is 1.11. The van der Waals surface area contributed by atoms with Crippen LogP contribution in [0.15, 0.2) is 0 Å². The fourth-order valence-electron chi connectivity index (χ4n) is 3.24. The number of piperidine rings is 1. The van der Waals surface area contributed by atoms with Crippen molar-refractivity contribution in [3.63, 3.8) is 0 Å². The molecule has 0 radical (unpaired) electrons. The molecule has 2 fully saturated rings. The van der Waals surface area contributed by atoms with Gasteiger partial charge in [0.1, 0.15) is 0 Å². The zero-order valence-electron chi connectivity index (χ0n) is 9.50. The van der Waals surface area contributed by atoms with E-state index in [0.29, 0.717) is 12.1 Å². The summed E-state index contributed by atoms with van der Waals surface area (Å²) in [5, 5.41) is 10.3. The van der Waals surface area contributed by atoms with Crippen LogP contribution in [-0.2, 0) is 0 Å². The molecule has 3 atom stereocenters. The molecule has 0 aromatic rings. The van der Waals surface area contributed by atoms with Gasteiger partial charge in [-0.3, -0.25) is 4.90 Å². The molecule has 1 N–H and O–H groups in total. The Bertz CT molecular complexity index is 202. The number of hydrogen-bond acceptors (Lipinski definition) is 2. The molecule has 14 heavy (non-hydrogen) atoms. The van der Waals surface area contributed by atoms with Gasteiger partial charge in [-0.05, 0) is 52.5 Å². The van der Waals surface area contributed by atoms with Gasteiger partial charge in [0.25, 0.3) is 0 Å². The number of rotatable bonds is 1. The summed E-state index contributed by atoms with van der Waals surface area (Å²) in [5.74, 6) is 0. The third-order valence-electron chi connectivity index (χ3n) is 4.13. The Labute approximate surface area is 87.3 Å². The normalized spacial score (nSPS) is 45.6. The maximum atomic E-state index is 10.3. The molecule has 2 rings (SSSR count). The van der Waals surface area contributed by atoms with E-state index in [1.807, 2.05) is 6.92 Å². The van der Waals surface area contributed by atoms with Gasteiger partial charge in [0.05, 0.1) is 5.60 Å². The Balaban J connectivity index is 2.05. The van der Waals surface area contributed by atoms with Crippen LogP contribution in [0.2, 0.25) is 0 Å². The fraction of sp³-hybridized carbons (Fsp3) is 1.00. The minimum Gasteiger partial charge on any atom is -0.389 e. The van der Waals surface area contributed by atoms with E-state index in [2.05, 4.69) is 11.8 Å². The molecule has 3 unspecified atom stereocenters. The lowest BCUT2D eigenvalue weighted by atomic mass is 9.93. The molecule has 0 aromatic carbocycles. The molecule has 1 aliphatic carbocycles. The minimum atomic E-state index is -0.425. The highest BCUT2D eigenvalue weighted by molar-refractivity contribution is 4.97. The van der Waals surface area contributed by atoms with Crippen LogP contribution in [0.1, 0.15) is 52.4 Å². The highest BCUT2D eigenvalue weighted by atomic mass is 16.3. The van der Waals surface area contributed by atoms with Crippen molar-refractivity contribution < 1.29 is 5.11 Å². The van der Waals surface area contributed by atoms with Crippen LogP contribution < -0.4 is 0 Å². The first-order valence-electron chi connectivity index (χ1n) is 6.09. The van der Waals surface area contributed by atoms with Crippen molar-refractivity contribution in [1.82, 2.24) is 4.90 Å². The molecular weight excluding hydrogens is 174 g/mol. The Morgan fingerprint density at radius 3 is 2.57 bits per heavy atom. The van der Waals surface area contributed by atoms with Gasteiger partial charge in [0.2, 0.25) is 0 Å². The molecule has 1 saturated carbocycles. The lowest BCUT2D eigenvalue weighted by Gasteiger charge is -2.42. The first kappa shape index (κ1) is 10.4. The summed E-state index contributed by atoms with van der Waals surface area (Å²) in [7, 11) is 0. The summed E-state index contributed by atoms with van der Waals surface area (Å²) < 4.78 is 0. The second-order valence-electron chi connectivity index (χ2n) is 5.35. The maximum absolute atomic E-state index is 10.3. The van der Waals surface area contributed by atoms with Gasteiger partial charge in [-0.2, -0.15) is 0 Å². The van der Waals surface area contributed by atoms with Crippen LogP contribution >= 0.6 is 0 Å². The number of nitrogens with zero attached hydrogens (tertiary/aromatic N) is 1. The Kier molecular flexibility index (Phi) is 2.85. The van der Waals surface area contributed by atoms with E-state index in [9.17, 15) is 5.11 Å². The summed E-state index contributed by atoms with van der Waals surface area (Å²) in [6.45, 7) is 5.53. The summed E-state index contributed by atoms with van der Waals surface area (Å²) in [6.07, 6.45) is 7.37. The summed E-state index contributed by atoms with van der Waals surface area (Å²) in [5.41, 5.74) is -0.425. The zero-order chi connectivity index (χ0) is 10.2. The average Bonchev–Trinajstić information content (AvgIpc) is 2.46. The van der Waals surface area contributed by atoms with Gasteiger partial charge in [0, 0.05) is 12.1 Å². The van der Waals surface area contributed by atoms with E-state index < -0.39 is 5.60 Å². The van der Waals surface area contributed by atoms with Gasteiger partial charge in [-0.1, -0.05) is 6.42 Å². The van der Waals surface area contributed by atoms with Crippen molar-refractivity contribution in [2.75, 3.05) is 6.54 Å². The third-order valence-corrected chi connectivity index (χ3v) is 4.13. The number of aliphatic hydroxyl groups is 1. The third kappa shape index (κ3) is 1.82. The highest BCUT2D eigenvalue weighted by Gasteiger charge is 2.42. The first-order valence-corrected chi connectivity index (χ1v) is 6.09. The standard InChI is InChI=1S/C12H23NO/c1-10-6-3-4-9-13(10)11-7-5-8-12(11,2)14/h10-11,14H,3-9H2,1-2H3. The lowest BCUT2D eigenvalue weighted by molar-refractivity contribution is -0.0356. The van der Waals surface area contributed by atoms with Gasteiger partial charge < -0.3 is 5.11 Å². The van der Waals surface area contributed by atoms with Crippen LogP contribution in [0.4, 0.5) is 0 Å². The predicted molar refractivity (Wildman–Crippen MR) is 58.3 cm³/mol. The zero-order valence-corrected chi connectivity index (χ0v) is 9.50. The molecule has 0 aromatic heterocycles. The van der Waals surface area contributed by atoms with Crippen LogP contribution in [0.3, 0.4) is 0 Å². The maximum Gasteiger partial charge on any atom is 0.0774 e. The van der Waals surface area contributed by atoms with Gasteiger partial charge >= 0.3 is 0 Å². The van der Waals surface area contributed by atoms with Gasteiger partial charge in [0.15, 0.2) is 0 Å². The SMILES string of the molecule is CC1CCCCN1C1CCCC1(C)O. The summed E-state index contributed by atoms with van der Waals surface area (Å²) in [4.78, 5) is 2.55. The molecule has 2 heteroatoms. The van der Waals surface area contributed by atoms with E-state index in [1.54, 1.807) is 0 Å². The first-order chi connectivity index (χ1) is 6.61. The van der Waals surface area contributed by atoms with Gasteiger partial charge in [-0.25, -0.2) is 0 Å². The number of likely N-dealkylation sites (tertiary alicyclic amines) is 1.